The van der Waals surface area contributed by atoms with E-state index in [1.807, 2.05) is 10.6 Å². The van der Waals surface area contributed by atoms with Crippen molar-refractivity contribution in [3.05, 3.63) is 45.8 Å². The number of hydrogen-bond acceptors (Lipinski definition) is 7. The normalized spacial score (nSPS) is 23.2. The van der Waals surface area contributed by atoms with Crippen LogP contribution in [0.2, 0.25) is 10.0 Å². The van der Waals surface area contributed by atoms with Crippen molar-refractivity contribution in [2.45, 2.75) is 31.3 Å². The fourth-order valence-electron chi connectivity index (χ4n) is 3.45. The maximum Gasteiger partial charge on any atom is 0.250 e. The number of fused-ring (bicyclic) bond motifs is 1. The van der Waals surface area contributed by atoms with Crippen LogP contribution in [0, 0.1) is 0 Å². The minimum Gasteiger partial charge on any atom is -0.364 e. The molecule has 1 aromatic carbocycles. The number of aromatic nitrogens is 2. The van der Waals surface area contributed by atoms with Crippen LogP contribution < -0.4 is 21.7 Å². The summed E-state index contributed by atoms with van der Waals surface area (Å²) in [6.07, 6.45) is 1.08. The van der Waals surface area contributed by atoms with Gasteiger partial charge in [-0.25, -0.2) is 9.98 Å². The van der Waals surface area contributed by atoms with Crippen molar-refractivity contribution < 1.29 is 9.53 Å². The average Bonchev–Trinajstić information content (AvgIpc) is 3.31. The number of carbonyl (C=O) groups excluding carboxylic acids is 1. The summed E-state index contributed by atoms with van der Waals surface area (Å²) in [5.74, 6) is 1.16. The van der Waals surface area contributed by atoms with Crippen LogP contribution in [0.15, 0.2) is 29.5 Å². The molecule has 3 heterocycles. The van der Waals surface area contributed by atoms with Gasteiger partial charge in [0.25, 0.3) is 5.91 Å². The Bertz CT molecular complexity index is 962. The number of benzene rings is 1. The first-order valence-corrected chi connectivity index (χ1v) is 9.89. The Morgan fingerprint density at radius 1 is 1.45 bits per heavy atom. The van der Waals surface area contributed by atoms with Crippen LogP contribution in [0.3, 0.4) is 0 Å². The highest BCUT2D eigenvalue weighted by atomic mass is 35.5. The summed E-state index contributed by atoms with van der Waals surface area (Å²) in [6, 6.07) is 4.92. The summed E-state index contributed by atoms with van der Waals surface area (Å²) in [4.78, 5) is 20.9. The SMILES string of the molecule is CNC(=O)[C@H]1O[C@@H](n2cnc3c2NCN=C3NCc2cc(Cl)ccc2Cl)C[C@@H]1N. The van der Waals surface area contributed by atoms with Gasteiger partial charge < -0.3 is 26.4 Å². The Morgan fingerprint density at radius 2 is 2.28 bits per heavy atom. The molecule has 1 aromatic heterocycles. The molecule has 2 aliphatic heterocycles. The van der Waals surface area contributed by atoms with Crippen LogP contribution in [-0.4, -0.2) is 47.2 Å². The molecule has 2 aliphatic rings. The van der Waals surface area contributed by atoms with Crippen molar-refractivity contribution in [2.24, 2.45) is 10.7 Å². The molecule has 1 amide bonds. The second-order valence-electron chi connectivity index (χ2n) is 6.81. The average molecular weight is 438 g/mol. The summed E-state index contributed by atoms with van der Waals surface area (Å²) in [5.41, 5.74) is 7.62. The molecule has 5 N–H and O–H groups in total. The molecule has 1 saturated heterocycles. The molecule has 0 bridgehead atoms. The van der Waals surface area contributed by atoms with Crippen molar-refractivity contribution in [3.63, 3.8) is 0 Å². The van der Waals surface area contributed by atoms with E-state index in [-0.39, 0.29) is 5.91 Å². The number of carbonyl (C=O) groups is 1. The molecule has 0 unspecified atom stereocenters. The van der Waals surface area contributed by atoms with Crippen molar-refractivity contribution >= 4 is 40.8 Å². The van der Waals surface area contributed by atoms with Gasteiger partial charge in [0.1, 0.15) is 24.4 Å². The van der Waals surface area contributed by atoms with Crippen molar-refractivity contribution in [2.75, 3.05) is 19.0 Å². The highest BCUT2D eigenvalue weighted by Crippen LogP contribution is 2.32. The van der Waals surface area contributed by atoms with Gasteiger partial charge in [-0.05, 0) is 23.8 Å². The van der Waals surface area contributed by atoms with Gasteiger partial charge in [0.2, 0.25) is 0 Å². The zero-order valence-electron chi connectivity index (χ0n) is 15.7. The lowest BCUT2D eigenvalue weighted by molar-refractivity contribution is -0.133. The van der Waals surface area contributed by atoms with Crippen LogP contribution in [-0.2, 0) is 16.1 Å². The molecule has 0 saturated carbocycles. The lowest BCUT2D eigenvalue weighted by Crippen LogP contribution is -2.42. The van der Waals surface area contributed by atoms with E-state index in [1.165, 1.54) is 0 Å². The van der Waals surface area contributed by atoms with E-state index < -0.39 is 18.4 Å². The second-order valence-corrected chi connectivity index (χ2v) is 7.65. The number of nitrogens with one attached hydrogen (secondary N) is 3. The molecule has 4 rings (SSSR count). The summed E-state index contributed by atoms with van der Waals surface area (Å²) in [7, 11) is 1.56. The zero-order valence-corrected chi connectivity index (χ0v) is 17.2. The van der Waals surface area contributed by atoms with E-state index in [9.17, 15) is 4.79 Å². The quantitative estimate of drug-likeness (QED) is 0.574. The monoisotopic (exact) mass is 437 g/mol. The molecule has 154 valence electrons. The minimum absolute atomic E-state index is 0.232. The standard InChI is InChI=1S/C18H21Cl2N7O2/c1-22-18(28)15-12(21)5-13(29-15)27-8-26-14-16(24-7-25-17(14)27)23-6-9-4-10(19)2-3-11(9)20/h2-4,8,12-13,15,25H,5-7,21H2,1H3,(H,22,28)(H,23,24)/t12-,13+,15-/m0/s1. The van der Waals surface area contributed by atoms with Crippen LogP contribution in [0.5, 0.6) is 0 Å². The molecular weight excluding hydrogens is 417 g/mol. The number of likely N-dealkylation sites (N-methyl/N-ethyl adjacent to an activating group) is 1. The molecule has 1 fully saturated rings. The van der Waals surface area contributed by atoms with Gasteiger partial charge in [0.05, 0.1) is 6.33 Å². The Hall–Kier alpha value is -2.33. The van der Waals surface area contributed by atoms with Crippen LogP contribution >= 0.6 is 23.2 Å². The molecule has 0 aliphatic carbocycles. The third-order valence-corrected chi connectivity index (χ3v) is 5.54. The molecule has 29 heavy (non-hydrogen) atoms. The predicted molar refractivity (Wildman–Crippen MR) is 111 cm³/mol. The number of ether oxygens (including phenoxy) is 1. The molecule has 0 spiro atoms. The zero-order chi connectivity index (χ0) is 20.5. The number of imidazole rings is 1. The fraction of sp³-hybridized carbons (Fsp3) is 0.389. The van der Waals surface area contributed by atoms with E-state index in [0.717, 1.165) is 11.4 Å². The van der Waals surface area contributed by atoms with E-state index in [0.29, 0.717) is 41.2 Å². The van der Waals surface area contributed by atoms with Gasteiger partial charge in [0.15, 0.2) is 11.9 Å². The molecule has 2 aromatic rings. The number of aliphatic imine (C=N–C) groups is 1. The van der Waals surface area contributed by atoms with Crippen LogP contribution in [0.1, 0.15) is 23.9 Å². The minimum atomic E-state index is -0.692. The first-order chi connectivity index (χ1) is 14.0. The summed E-state index contributed by atoms with van der Waals surface area (Å²) in [6.45, 7) is 0.829. The molecule has 3 atom stereocenters. The van der Waals surface area contributed by atoms with Crippen molar-refractivity contribution in [3.8, 4) is 0 Å². The first kappa shape index (κ1) is 20.0. The molecule has 0 radical (unpaired) electrons. The predicted octanol–water partition coefficient (Wildman–Crippen LogP) is 1.47. The van der Waals surface area contributed by atoms with Gasteiger partial charge >= 0.3 is 0 Å². The third-order valence-electron chi connectivity index (χ3n) is 4.94. The van der Waals surface area contributed by atoms with E-state index in [4.69, 9.17) is 33.7 Å². The van der Waals surface area contributed by atoms with Gasteiger partial charge in [-0.2, -0.15) is 0 Å². The number of halogens is 2. The Kier molecular flexibility index (Phi) is 5.64. The van der Waals surface area contributed by atoms with E-state index in [1.54, 1.807) is 25.5 Å². The lowest BCUT2D eigenvalue weighted by atomic mass is 10.1. The van der Waals surface area contributed by atoms with Gasteiger partial charge in [-0.15, -0.1) is 0 Å². The number of amides is 1. The summed E-state index contributed by atoms with van der Waals surface area (Å²) >= 11 is 12.3. The maximum absolute atomic E-state index is 11.9. The Labute approximate surface area is 177 Å². The summed E-state index contributed by atoms with van der Waals surface area (Å²) < 4.78 is 7.73. The molecule has 9 nitrogen and oxygen atoms in total. The van der Waals surface area contributed by atoms with Crippen LogP contribution in [0.4, 0.5) is 5.82 Å². The number of hydrogen-bond donors (Lipinski definition) is 4. The maximum atomic E-state index is 11.9. The molecular formula is C18H21Cl2N7O2. The summed E-state index contributed by atoms with van der Waals surface area (Å²) in [5, 5.41) is 10.3. The largest absolute Gasteiger partial charge is 0.364 e. The number of amidine groups is 1. The number of anilines is 1. The lowest BCUT2D eigenvalue weighted by Gasteiger charge is -2.21. The van der Waals surface area contributed by atoms with E-state index in [2.05, 4.69) is 25.9 Å². The van der Waals surface area contributed by atoms with Crippen molar-refractivity contribution in [1.29, 1.82) is 0 Å². The smallest absolute Gasteiger partial charge is 0.250 e. The number of nitrogens with two attached hydrogens (primary N) is 1. The highest BCUT2D eigenvalue weighted by molar-refractivity contribution is 6.33. The van der Waals surface area contributed by atoms with Gasteiger partial charge in [-0.3, -0.25) is 9.36 Å². The fourth-order valence-corrected chi connectivity index (χ4v) is 3.83. The van der Waals surface area contributed by atoms with E-state index >= 15 is 0 Å². The second kappa shape index (κ2) is 8.19. The topological polar surface area (TPSA) is 119 Å². The number of rotatable bonds is 4. The molecule has 11 heteroatoms. The Morgan fingerprint density at radius 3 is 3.07 bits per heavy atom. The van der Waals surface area contributed by atoms with Crippen molar-refractivity contribution in [1.82, 2.24) is 20.2 Å². The first-order valence-electron chi connectivity index (χ1n) is 9.14. The van der Waals surface area contributed by atoms with Crippen LogP contribution in [0.25, 0.3) is 0 Å². The number of nitrogens with zero attached hydrogens (tertiary/aromatic N) is 3. The van der Waals surface area contributed by atoms with Gasteiger partial charge in [-0.1, -0.05) is 23.2 Å². The highest BCUT2D eigenvalue weighted by Gasteiger charge is 2.39. The van der Waals surface area contributed by atoms with Gasteiger partial charge in [0, 0.05) is 36.1 Å². The third kappa shape index (κ3) is 3.91. The Balaban J connectivity index is 1.51.